The first-order valence-electron chi connectivity index (χ1n) is 10.5. The molecule has 2 bridgehead atoms. The number of nitrogens with zero attached hydrogens (tertiary/aromatic N) is 3. The monoisotopic (exact) mass is 443 g/mol. The molecule has 2 aliphatic rings. The van der Waals surface area contributed by atoms with Gasteiger partial charge in [0, 0.05) is 17.8 Å². The summed E-state index contributed by atoms with van der Waals surface area (Å²) in [4.78, 5) is 20.9. The van der Waals surface area contributed by atoms with Crippen molar-refractivity contribution in [2.24, 2.45) is 0 Å². The quantitative estimate of drug-likeness (QED) is 0.533. The number of hydrogen-bond acceptors (Lipinski definition) is 4. The number of aryl methyl sites for hydroxylation is 1. The van der Waals surface area contributed by atoms with Gasteiger partial charge in [-0.05, 0) is 62.9 Å². The van der Waals surface area contributed by atoms with Crippen LogP contribution in [0.15, 0.2) is 36.4 Å². The van der Waals surface area contributed by atoms with Crippen LogP contribution in [-0.2, 0) is 6.18 Å². The lowest BCUT2D eigenvalue weighted by Gasteiger charge is -2.50. The predicted octanol–water partition coefficient (Wildman–Crippen LogP) is 4.40. The van der Waals surface area contributed by atoms with Crippen LogP contribution in [0.4, 0.5) is 13.2 Å². The zero-order valence-electron chi connectivity index (χ0n) is 17.8. The fourth-order valence-corrected chi connectivity index (χ4v) is 4.66. The van der Waals surface area contributed by atoms with Crippen LogP contribution in [-0.4, -0.2) is 51.0 Å². The SMILES string of the molecule is Cc1cccc(C(=N)N2CC3CCCC(C2=N)N3C(=O)c2cccc(C(F)(F)F)c2C)n1. The van der Waals surface area contributed by atoms with E-state index in [4.69, 9.17) is 10.8 Å². The fraction of sp³-hybridized carbons (Fsp3) is 0.391. The summed E-state index contributed by atoms with van der Waals surface area (Å²) in [6.07, 6.45) is -2.53. The smallest absolute Gasteiger partial charge is 0.324 e. The topological polar surface area (TPSA) is 84.1 Å². The van der Waals surface area contributed by atoms with E-state index < -0.39 is 23.7 Å². The molecule has 1 amide bonds. The number of nitrogens with one attached hydrogen (secondary N) is 2. The predicted molar refractivity (Wildman–Crippen MR) is 114 cm³/mol. The molecule has 2 N–H and O–H groups in total. The van der Waals surface area contributed by atoms with Crippen LogP contribution >= 0.6 is 0 Å². The molecular formula is C23H24F3N5O. The van der Waals surface area contributed by atoms with Gasteiger partial charge in [0.05, 0.1) is 17.6 Å². The molecule has 0 spiro atoms. The minimum atomic E-state index is -4.54. The number of amidine groups is 2. The van der Waals surface area contributed by atoms with Crippen molar-refractivity contribution in [1.29, 1.82) is 10.8 Å². The largest absolute Gasteiger partial charge is 0.416 e. The number of piperidine rings is 1. The summed E-state index contributed by atoms with van der Waals surface area (Å²) in [5.41, 5.74) is 0.283. The van der Waals surface area contributed by atoms with E-state index in [2.05, 4.69) is 4.98 Å². The van der Waals surface area contributed by atoms with Gasteiger partial charge in [-0.3, -0.25) is 15.6 Å². The second kappa shape index (κ2) is 8.03. The fourth-order valence-electron chi connectivity index (χ4n) is 4.66. The van der Waals surface area contributed by atoms with E-state index >= 15 is 0 Å². The van der Waals surface area contributed by atoms with Crippen molar-refractivity contribution >= 4 is 17.6 Å². The van der Waals surface area contributed by atoms with Crippen molar-refractivity contribution in [2.45, 2.75) is 51.4 Å². The van der Waals surface area contributed by atoms with Crippen molar-refractivity contribution in [2.75, 3.05) is 6.54 Å². The molecule has 0 radical (unpaired) electrons. The highest BCUT2D eigenvalue weighted by atomic mass is 19.4. The van der Waals surface area contributed by atoms with Crippen molar-refractivity contribution in [3.05, 3.63) is 64.5 Å². The van der Waals surface area contributed by atoms with Crippen LogP contribution in [0.25, 0.3) is 0 Å². The second-order valence-electron chi connectivity index (χ2n) is 8.30. The number of piperazine rings is 1. The second-order valence-corrected chi connectivity index (χ2v) is 8.30. The van der Waals surface area contributed by atoms with Crippen LogP contribution in [0, 0.1) is 24.7 Å². The van der Waals surface area contributed by atoms with Gasteiger partial charge in [0.2, 0.25) is 0 Å². The number of benzene rings is 1. The number of aromatic nitrogens is 1. The maximum Gasteiger partial charge on any atom is 0.416 e. The highest BCUT2D eigenvalue weighted by Gasteiger charge is 2.45. The van der Waals surface area contributed by atoms with E-state index in [9.17, 15) is 18.0 Å². The summed E-state index contributed by atoms with van der Waals surface area (Å²) in [6, 6.07) is 8.09. The number of rotatable bonds is 2. The van der Waals surface area contributed by atoms with Gasteiger partial charge in [0.15, 0.2) is 5.84 Å². The van der Waals surface area contributed by atoms with Crippen molar-refractivity contribution in [3.8, 4) is 0 Å². The van der Waals surface area contributed by atoms with Gasteiger partial charge in [0.25, 0.3) is 5.91 Å². The Morgan fingerprint density at radius 1 is 1.12 bits per heavy atom. The lowest BCUT2D eigenvalue weighted by molar-refractivity contribution is -0.138. The van der Waals surface area contributed by atoms with Crippen LogP contribution in [0.1, 0.15) is 52.1 Å². The van der Waals surface area contributed by atoms with E-state index in [1.165, 1.54) is 19.1 Å². The van der Waals surface area contributed by atoms with E-state index in [1.807, 2.05) is 13.0 Å². The Morgan fingerprint density at radius 2 is 1.84 bits per heavy atom. The molecular weight excluding hydrogens is 419 g/mol. The van der Waals surface area contributed by atoms with Crippen LogP contribution < -0.4 is 0 Å². The number of pyridine rings is 1. The van der Waals surface area contributed by atoms with E-state index in [1.54, 1.807) is 21.9 Å². The molecule has 1 aromatic carbocycles. The minimum absolute atomic E-state index is 0.00778. The van der Waals surface area contributed by atoms with E-state index in [0.29, 0.717) is 18.5 Å². The number of likely N-dealkylation sites (tertiary alicyclic amines) is 1. The number of hydrogen-bond donors (Lipinski definition) is 2. The van der Waals surface area contributed by atoms with E-state index in [-0.39, 0.29) is 35.4 Å². The molecule has 6 nitrogen and oxygen atoms in total. The van der Waals surface area contributed by atoms with Crippen molar-refractivity contribution in [3.63, 3.8) is 0 Å². The summed E-state index contributed by atoms with van der Waals surface area (Å²) in [5.74, 6) is -0.293. The molecule has 1 aromatic heterocycles. The highest BCUT2D eigenvalue weighted by Crippen LogP contribution is 2.36. The molecule has 3 heterocycles. The Morgan fingerprint density at radius 3 is 2.53 bits per heavy atom. The summed E-state index contributed by atoms with van der Waals surface area (Å²) < 4.78 is 40.1. The summed E-state index contributed by atoms with van der Waals surface area (Å²) in [6.45, 7) is 3.38. The van der Waals surface area contributed by atoms with Gasteiger partial charge in [-0.1, -0.05) is 12.1 Å². The number of amides is 1. The molecule has 2 aliphatic heterocycles. The van der Waals surface area contributed by atoms with Crippen molar-refractivity contribution in [1.82, 2.24) is 14.8 Å². The summed E-state index contributed by atoms with van der Waals surface area (Å²) in [7, 11) is 0. The molecule has 9 heteroatoms. The van der Waals surface area contributed by atoms with Gasteiger partial charge in [-0.25, -0.2) is 4.98 Å². The molecule has 2 unspecified atom stereocenters. The third-order valence-corrected chi connectivity index (χ3v) is 6.25. The molecule has 168 valence electrons. The Bertz CT molecular complexity index is 1100. The lowest BCUT2D eigenvalue weighted by atomic mass is 9.88. The molecule has 2 saturated heterocycles. The summed E-state index contributed by atoms with van der Waals surface area (Å²) >= 11 is 0. The standard InChI is InChI=1S/C23H24F3N5O/c1-13-6-3-10-18(29-13)20(27)30-12-15-7-4-11-19(21(30)28)31(15)22(32)16-8-5-9-17(14(16)2)23(24,25)26/h3,5-6,8-10,15,19,27-28H,4,7,11-12H2,1-2H3. The van der Waals surface area contributed by atoms with Gasteiger partial charge >= 0.3 is 6.18 Å². The third kappa shape index (κ3) is 3.76. The molecule has 2 fully saturated rings. The molecule has 0 saturated carbocycles. The van der Waals surface area contributed by atoms with Gasteiger partial charge in [-0.2, -0.15) is 13.2 Å². The number of alkyl halides is 3. The zero-order valence-corrected chi connectivity index (χ0v) is 17.8. The van der Waals surface area contributed by atoms with Crippen molar-refractivity contribution < 1.29 is 18.0 Å². The first kappa shape index (κ1) is 22.0. The molecule has 32 heavy (non-hydrogen) atoms. The normalized spacial score (nSPS) is 21.0. The Kier molecular flexibility index (Phi) is 5.52. The number of carbonyl (C=O) groups excluding carboxylic acids is 1. The van der Waals surface area contributed by atoms with Gasteiger partial charge in [0.1, 0.15) is 11.5 Å². The van der Waals surface area contributed by atoms with Gasteiger partial charge in [-0.15, -0.1) is 0 Å². The van der Waals surface area contributed by atoms with Gasteiger partial charge < -0.3 is 9.80 Å². The first-order chi connectivity index (χ1) is 15.1. The Labute approximate surface area is 184 Å². The maximum atomic E-state index is 13.4. The molecule has 2 atom stereocenters. The molecule has 4 rings (SSSR count). The highest BCUT2D eigenvalue weighted by molar-refractivity contribution is 6.10. The minimum Gasteiger partial charge on any atom is -0.324 e. The molecule has 0 aliphatic carbocycles. The third-order valence-electron chi connectivity index (χ3n) is 6.25. The van der Waals surface area contributed by atoms with E-state index in [0.717, 1.165) is 18.2 Å². The average Bonchev–Trinajstić information content (AvgIpc) is 2.74. The Balaban J connectivity index is 1.65. The average molecular weight is 443 g/mol. The number of fused-ring (bicyclic) bond motifs is 2. The lowest BCUT2D eigenvalue weighted by Crippen LogP contribution is -2.66. The first-order valence-corrected chi connectivity index (χ1v) is 10.5. The molecule has 2 aromatic rings. The Hall–Kier alpha value is -3.23. The maximum absolute atomic E-state index is 13.4. The van der Waals surface area contributed by atoms with Crippen LogP contribution in [0.3, 0.4) is 0 Å². The number of halogens is 3. The van der Waals surface area contributed by atoms with Crippen LogP contribution in [0.2, 0.25) is 0 Å². The summed E-state index contributed by atoms with van der Waals surface area (Å²) in [5, 5.41) is 17.3. The van der Waals surface area contributed by atoms with Crippen LogP contribution in [0.5, 0.6) is 0 Å². The zero-order chi connectivity index (χ0) is 23.2. The number of carbonyl (C=O) groups is 1.